The van der Waals surface area contributed by atoms with Gasteiger partial charge in [0.1, 0.15) is 0 Å². The van der Waals surface area contributed by atoms with Crippen molar-refractivity contribution in [1.82, 2.24) is 5.32 Å². The van der Waals surface area contributed by atoms with Gasteiger partial charge in [0, 0.05) is 34.2 Å². The SMILES string of the molecule is O=C(NC[C@@H](c1cccs1)N1CCc2ccccc21)c1ccc(Cl)cc1. The summed E-state index contributed by atoms with van der Waals surface area (Å²) in [7, 11) is 0. The molecule has 0 saturated heterocycles. The molecule has 2 aromatic carbocycles. The van der Waals surface area contributed by atoms with Crippen LogP contribution in [0.3, 0.4) is 0 Å². The third kappa shape index (κ3) is 3.48. The second-order valence-electron chi connectivity index (χ2n) is 6.32. The van der Waals surface area contributed by atoms with Crippen molar-refractivity contribution < 1.29 is 4.79 Å². The van der Waals surface area contributed by atoms with Crippen LogP contribution in [0.25, 0.3) is 0 Å². The maximum absolute atomic E-state index is 12.5. The van der Waals surface area contributed by atoms with Crippen molar-refractivity contribution in [2.75, 3.05) is 18.0 Å². The fraction of sp³-hybridized carbons (Fsp3) is 0.190. The number of carbonyl (C=O) groups is 1. The van der Waals surface area contributed by atoms with E-state index in [2.05, 4.69) is 52.0 Å². The number of nitrogens with zero attached hydrogens (tertiary/aromatic N) is 1. The minimum absolute atomic E-state index is 0.0734. The first-order valence-corrected chi connectivity index (χ1v) is 9.90. The average molecular weight is 383 g/mol. The first-order chi connectivity index (χ1) is 12.7. The summed E-state index contributed by atoms with van der Waals surface area (Å²) in [5, 5.41) is 5.82. The van der Waals surface area contributed by atoms with Gasteiger partial charge in [-0.2, -0.15) is 0 Å². The topological polar surface area (TPSA) is 32.3 Å². The predicted molar refractivity (Wildman–Crippen MR) is 108 cm³/mol. The molecule has 26 heavy (non-hydrogen) atoms. The number of fused-ring (bicyclic) bond motifs is 1. The lowest BCUT2D eigenvalue weighted by atomic mass is 10.1. The molecule has 0 radical (unpaired) electrons. The molecule has 1 aromatic heterocycles. The summed E-state index contributed by atoms with van der Waals surface area (Å²) in [6.07, 6.45) is 1.04. The molecular weight excluding hydrogens is 364 g/mol. The third-order valence-corrected chi connectivity index (χ3v) is 5.96. The Bertz CT molecular complexity index is 893. The number of para-hydroxylation sites is 1. The smallest absolute Gasteiger partial charge is 0.251 e. The number of nitrogens with one attached hydrogen (secondary N) is 1. The number of halogens is 1. The molecule has 1 aliphatic heterocycles. The Labute approximate surface area is 162 Å². The summed E-state index contributed by atoms with van der Waals surface area (Å²) in [5.41, 5.74) is 3.27. The van der Waals surface area contributed by atoms with Crippen LogP contribution in [-0.4, -0.2) is 19.0 Å². The average Bonchev–Trinajstić information content (AvgIpc) is 3.33. The van der Waals surface area contributed by atoms with Crippen molar-refractivity contribution in [3.63, 3.8) is 0 Å². The fourth-order valence-corrected chi connectivity index (χ4v) is 4.39. The molecule has 1 aliphatic rings. The molecular formula is C21H19ClN2OS. The van der Waals surface area contributed by atoms with Gasteiger partial charge in [-0.15, -0.1) is 11.3 Å². The van der Waals surface area contributed by atoms with E-state index in [0.717, 1.165) is 13.0 Å². The standard InChI is InChI=1S/C21H19ClN2OS/c22-17-9-7-16(8-10-17)21(25)23-14-19(20-6-3-13-26-20)24-12-11-15-4-1-2-5-18(15)24/h1-10,13,19H,11-12,14H2,(H,23,25)/t19-/m0/s1. The van der Waals surface area contributed by atoms with Gasteiger partial charge < -0.3 is 10.2 Å². The summed E-state index contributed by atoms with van der Waals surface area (Å²) in [6.45, 7) is 1.54. The highest BCUT2D eigenvalue weighted by molar-refractivity contribution is 7.10. The molecule has 0 fully saturated rings. The number of rotatable bonds is 5. The van der Waals surface area contributed by atoms with Crippen LogP contribution >= 0.6 is 22.9 Å². The third-order valence-electron chi connectivity index (χ3n) is 4.73. The summed E-state index contributed by atoms with van der Waals surface area (Å²) in [6, 6.07) is 19.9. The zero-order valence-corrected chi connectivity index (χ0v) is 15.8. The molecule has 0 aliphatic carbocycles. The van der Waals surface area contributed by atoms with Gasteiger partial charge in [0.15, 0.2) is 0 Å². The lowest BCUT2D eigenvalue weighted by Crippen LogP contribution is -2.37. The van der Waals surface area contributed by atoms with E-state index < -0.39 is 0 Å². The maximum atomic E-state index is 12.5. The highest BCUT2D eigenvalue weighted by Gasteiger charge is 2.28. The maximum Gasteiger partial charge on any atom is 0.251 e. The van der Waals surface area contributed by atoms with E-state index in [4.69, 9.17) is 11.6 Å². The molecule has 0 spiro atoms. The Morgan fingerprint density at radius 3 is 2.69 bits per heavy atom. The van der Waals surface area contributed by atoms with Crippen LogP contribution in [0.1, 0.15) is 26.8 Å². The van der Waals surface area contributed by atoms with Gasteiger partial charge in [0.25, 0.3) is 5.91 Å². The van der Waals surface area contributed by atoms with E-state index in [1.165, 1.54) is 16.1 Å². The van der Waals surface area contributed by atoms with E-state index in [0.29, 0.717) is 17.1 Å². The van der Waals surface area contributed by atoms with E-state index in [1.54, 1.807) is 35.6 Å². The quantitative estimate of drug-likeness (QED) is 0.678. The molecule has 0 bridgehead atoms. The molecule has 3 nitrogen and oxygen atoms in total. The van der Waals surface area contributed by atoms with E-state index in [9.17, 15) is 4.79 Å². The summed E-state index contributed by atoms with van der Waals surface area (Å²) in [4.78, 5) is 16.2. The van der Waals surface area contributed by atoms with Gasteiger partial charge in [-0.3, -0.25) is 4.79 Å². The van der Waals surface area contributed by atoms with E-state index in [-0.39, 0.29) is 11.9 Å². The minimum Gasteiger partial charge on any atom is -0.361 e. The van der Waals surface area contributed by atoms with Crippen LogP contribution < -0.4 is 10.2 Å². The summed E-state index contributed by atoms with van der Waals surface area (Å²) in [5.74, 6) is -0.0734. The number of benzene rings is 2. The number of carbonyl (C=O) groups excluding carboxylic acids is 1. The Balaban J connectivity index is 1.54. The van der Waals surface area contributed by atoms with Crippen LogP contribution in [-0.2, 0) is 6.42 Å². The van der Waals surface area contributed by atoms with Crippen molar-refractivity contribution in [2.24, 2.45) is 0 Å². The second kappa shape index (κ2) is 7.52. The highest BCUT2D eigenvalue weighted by atomic mass is 35.5. The van der Waals surface area contributed by atoms with Crippen LogP contribution in [0.2, 0.25) is 5.02 Å². The van der Waals surface area contributed by atoms with Crippen LogP contribution in [0.5, 0.6) is 0 Å². The normalized spacial score (nSPS) is 14.1. The fourth-order valence-electron chi connectivity index (χ4n) is 3.43. The Morgan fingerprint density at radius 2 is 1.92 bits per heavy atom. The zero-order chi connectivity index (χ0) is 17.9. The predicted octanol–water partition coefficient (Wildman–Crippen LogP) is 4.94. The lowest BCUT2D eigenvalue weighted by Gasteiger charge is -2.30. The molecule has 5 heteroatoms. The first kappa shape index (κ1) is 17.1. The van der Waals surface area contributed by atoms with Crippen LogP contribution in [0.4, 0.5) is 5.69 Å². The van der Waals surface area contributed by atoms with Crippen LogP contribution in [0, 0.1) is 0 Å². The van der Waals surface area contributed by atoms with E-state index >= 15 is 0 Å². The molecule has 132 valence electrons. The number of amides is 1. The van der Waals surface area contributed by atoms with Gasteiger partial charge in [-0.25, -0.2) is 0 Å². The Kier molecular flexibility index (Phi) is 4.96. The number of hydrogen-bond acceptors (Lipinski definition) is 3. The lowest BCUT2D eigenvalue weighted by molar-refractivity contribution is 0.0951. The zero-order valence-electron chi connectivity index (χ0n) is 14.2. The minimum atomic E-state index is -0.0734. The van der Waals surface area contributed by atoms with Crippen molar-refractivity contribution in [3.8, 4) is 0 Å². The van der Waals surface area contributed by atoms with Crippen LogP contribution in [0.15, 0.2) is 66.0 Å². The molecule has 1 amide bonds. The highest BCUT2D eigenvalue weighted by Crippen LogP contribution is 2.36. The molecule has 0 unspecified atom stereocenters. The molecule has 1 atom stereocenters. The van der Waals surface area contributed by atoms with E-state index in [1.807, 2.05) is 0 Å². The number of hydrogen-bond donors (Lipinski definition) is 1. The van der Waals surface area contributed by atoms with Gasteiger partial charge in [-0.05, 0) is 53.8 Å². The summed E-state index contributed by atoms with van der Waals surface area (Å²) >= 11 is 7.64. The van der Waals surface area contributed by atoms with Crippen molar-refractivity contribution in [2.45, 2.75) is 12.5 Å². The number of thiophene rings is 1. The molecule has 3 aromatic rings. The van der Waals surface area contributed by atoms with Crippen molar-refractivity contribution in [1.29, 1.82) is 0 Å². The van der Waals surface area contributed by atoms with Gasteiger partial charge in [0.2, 0.25) is 0 Å². The summed E-state index contributed by atoms with van der Waals surface area (Å²) < 4.78 is 0. The van der Waals surface area contributed by atoms with Crippen molar-refractivity contribution >= 4 is 34.5 Å². The molecule has 1 N–H and O–H groups in total. The largest absolute Gasteiger partial charge is 0.361 e. The first-order valence-electron chi connectivity index (χ1n) is 8.64. The Hall–Kier alpha value is -2.30. The molecule has 4 rings (SSSR count). The number of anilines is 1. The molecule has 0 saturated carbocycles. The Morgan fingerprint density at radius 1 is 1.12 bits per heavy atom. The van der Waals surface area contributed by atoms with Gasteiger partial charge >= 0.3 is 0 Å². The monoisotopic (exact) mass is 382 g/mol. The second-order valence-corrected chi connectivity index (χ2v) is 7.74. The van der Waals surface area contributed by atoms with Crippen molar-refractivity contribution in [3.05, 3.63) is 87.1 Å². The molecule has 2 heterocycles. The van der Waals surface area contributed by atoms with Gasteiger partial charge in [-0.1, -0.05) is 35.9 Å². The van der Waals surface area contributed by atoms with Gasteiger partial charge in [0.05, 0.1) is 6.04 Å².